The van der Waals surface area contributed by atoms with Gasteiger partial charge < -0.3 is 10.2 Å². The van der Waals surface area contributed by atoms with Crippen LogP contribution in [0.15, 0.2) is 60.7 Å². The fraction of sp³-hybridized carbons (Fsp3) is 0.500. The average Bonchev–Trinajstić information content (AvgIpc) is 3.42. The van der Waals surface area contributed by atoms with E-state index >= 15 is 0 Å². The first-order valence-electron chi connectivity index (χ1n) is 16.0. The van der Waals surface area contributed by atoms with E-state index in [4.69, 9.17) is 4.98 Å². The Morgan fingerprint density at radius 1 is 1.02 bits per heavy atom. The number of Topliss-reactive ketones (excluding diaryl/α,β-unsaturated/α-hetero) is 2. The van der Waals surface area contributed by atoms with Crippen molar-refractivity contribution in [2.45, 2.75) is 71.3 Å². The largest absolute Gasteiger partial charge is 0.353 e. The van der Waals surface area contributed by atoms with Gasteiger partial charge in [-0.1, -0.05) is 63.7 Å². The maximum atomic E-state index is 13.8. The second-order valence-electron chi connectivity index (χ2n) is 12.5. The zero-order chi connectivity index (χ0) is 31.6. The summed E-state index contributed by atoms with van der Waals surface area (Å²) in [6.07, 6.45) is 2.41. The summed E-state index contributed by atoms with van der Waals surface area (Å²) < 4.78 is 1.10. The SMILES string of the molecule is C=C(CN1CCN(C)CC1)C(=O)CC[C@H](Cc1ccccc1)NC(=O)[C@@H](CC(=O)CC)Cc1nc2ccc(C(C)C)cc2s1. The number of benzene rings is 2. The zero-order valence-electron chi connectivity index (χ0n) is 26.8. The summed E-state index contributed by atoms with van der Waals surface area (Å²) in [5, 5.41) is 4.10. The summed E-state index contributed by atoms with van der Waals surface area (Å²) in [4.78, 5) is 48.9. The summed E-state index contributed by atoms with van der Waals surface area (Å²) in [6.45, 7) is 14.7. The minimum Gasteiger partial charge on any atom is -0.353 e. The molecular weight excluding hydrogens is 568 g/mol. The Bertz CT molecular complexity index is 1430. The number of ketones is 2. The molecule has 2 aromatic carbocycles. The van der Waals surface area contributed by atoms with Crippen molar-refractivity contribution in [3.8, 4) is 0 Å². The molecule has 1 aliphatic rings. The van der Waals surface area contributed by atoms with E-state index in [1.807, 2.05) is 43.3 Å². The molecule has 2 heterocycles. The van der Waals surface area contributed by atoms with Gasteiger partial charge in [0.25, 0.3) is 0 Å². The molecule has 1 aliphatic heterocycles. The Labute approximate surface area is 266 Å². The van der Waals surface area contributed by atoms with Gasteiger partial charge in [0.15, 0.2) is 5.78 Å². The van der Waals surface area contributed by atoms with E-state index in [2.05, 4.69) is 54.7 Å². The molecule has 8 heteroatoms. The molecule has 1 amide bonds. The van der Waals surface area contributed by atoms with Crippen molar-refractivity contribution in [2.75, 3.05) is 39.8 Å². The number of aromatic nitrogens is 1. The highest BCUT2D eigenvalue weighted by atomic mass is 32.1. The van der Waals surface area contributed by atoms with E-state index in [0.29, 0.717) is 50.1 Å². The van der Waals surface area contributed by atoms with Gasteiger partial charge in [-0.2, -0.15) is 0 Å². The van der Waals surface area contributed by atoms with Crippen LogP contribution in [-0.4, -0.2) is 78.1 Å². The van der Waals surface area contributed by atoms with Crippen molar-refractivity contribution in [2.24, 2.45) is 5.92 Å². The van der Waals surface area contributed by atoms with Gasteiger partial charge in [0.05, 0.1) is 21.1 Å². The lowest BCUT2D eigenvalue weighted by Crippen LogP contribution is -2.45. The molecule has 1 aromatic heterocycles. The average molecular weight is 617 g/mol. The molecule has 1 saturated heterocycles. The predicted octanol–water partition coefficient (Wildman–Crippen LogP) is 5.83. The third kappa shape index (κ3) is 9.91. The minimum absolute atomic E-state index is 0.0455. The molecule has 44 heavy (non-hydrogen) atoms. The van der Waals surface area contributed by atoms with Gasteiger partial charge >= 0.3 is 0 Å². The molecule has 0 radical (unpaired) electrons. The second kappa shape index (κ2) is 16.2. The highest BCUT2D eigenvalue weighted by Crippen LogP contribution is 2.28. The van der Waals surface area contributed by atoms with Crippen LogP contribution in [0.1, 0.15) is 68.5 Å². The van der Waals surface area contributed by atoms with Crippen molar-refractivity contribution in [3.63, 3.8) is 0 Å². The standard InChI is InChI=1S/C36H48N4O3S/c1-6-31(41)21-29(23-35-38-32-14-12-28(25(2)3)22-34(32)44-35)36(43)37-30(20-27-10-8-7-9-11-27)13-15-33(42)26(4)24-40-18-16-39(5)17-19-40/h7-12,14,22,25,29-30H,4,6,13,15-21,23-24H2,1-3,5H3,(H,37,43)/t29-,30+/m0/s1. The smallest absolute Gasteiger partial charge is 0.224 e. The van der Waals surface area contributed by atoms with Gasteiger partial charge in [-0.3, -0.25) is 19.3 Å². The van der Waals surface area contributed by atoms with Gasteiger partial charge in [0.1, 0.15) is 5.78 Å². The normalized spacial score (nSPS) is 15.8. The third-order valence-corrected chi connectivity index (χ3v) is 9.62. The molecule has 236 valence electrons. The zero-order valence-corrected chi connectivity index (χ0v) is 27.6. The number of piperazine rings is 1. The van der Waals surface area contributed by atoms with E-state index in [9.17, 15) is 14.4 Å². The molecular formula is C36H48N4O3S. The molecule has 0 spiro atoms. The summed E-state index contributed by atoms with van der Waals surface area (Å²) >= 11 is 1.60. The van der Waals surface area contributed by atoms with Crippen LogP contribution in [0.3, 0.4) is 0 Å². The first-order valence-corrected chi connectivity index (χ1v) is 16.8. The van der Waals surface area contributed by atoms with Gasteiger partial charge in [0.2, 0.25) is 5.91 Å². The molecule has 7 nitrogen and oxygen atoms in total. The molecule has 0 saturated carbocycles. The van der Waals surface area contributed by atoms with Crippen molar-refractivity contribution < 1.29 is 14.4 Å². The van der Waals surface area contributed by atoms with E-state index < -0.39 is 5.92 Å². The van der Waals surface area contributed by atoms with Crippen LogP contribution in [0.2, 0.25) is 0 Å². The third-order valence-electron chi connectivity index (χ3n) is 8.58. The molecule has 1 fully saturated rings. The summed E-state index contributed by atoms with van der Waals surface area (Å²) in [5.41, 5.74) is 3.90. The Kier molecular flexibility index (Phi) is 12.4. The highest BCUT2D eigenvalue weighted by Gasteiger charge is 2.26. The molecule has 2 atom stereocenters. The van der Waals surface area contributed by atoms with Gasteiger partial charge in [-0.15, -0.1) is 11.3 Å². The van der Waals surface area contributed by atoms with Crippen LogP contribution in [0, 0.1) is 5.92 Å². The van der Waals surface area contributed by atoms with Gasteiger partial charge in [-0.25, -0.2) is 4.98 Å². The highest BCUT2D eigenvalue weighted by molar-refractivity contribution is 7.18. The topological polar surface area (TPSA) is 82.6 Å². The van der Waals surface area contributed by atoms with E-state index in [0.717, 1.165) is 47.0 Å². The van der Waals surface area contributed by atoms with E-state index in [1.165, 1.54) is 5.56 Å². The van der Waals surface area contributed by atoms with Crippen LogP contribution in [0.5, 0.6) is 0 Å². The lowest BCUT2D eigenvalue weighted by molar-refractivity contribution is -0.130. The molecule has 0 aliphatic carbocycles. The van der Waals surface area contributed by atoms with E-state index in [-0.39, 0.29) is 29.9 Å². The Hall–Kier alpha value is -3.20. The maximum Gasteiger partial charge on any atom is 0.224 e. The first kappa shape index (κ1) is 33.7. The number of rotatable bonds is 16. The van der Waals surface area contributed by atoms with Crippen molar-refractivity contribution in [1.29, 1.82) is 0 Å². The van der Waals surface area contributed by atoms with Crippen LogP contribution >= 0.6 is 11.3 Å². The summed E-state index contributed by atoms with van der Waals surface area (Å²) in [6, 6.07) is 16.1. The number of hydrogen-bond acceptors (Lipinski definition) is 7. The van der Waals surface area contributed by atoms with Crippen LogP contribution in [-0.2, 0) is 27.2 Å². The van der Waals surface area contributed by atoms with E-state index in [1.54, 1.807) is 11.3 Å². The quantitative estimate of drug-likeness (QED) is 0.204. The Balaban J connectivity index is 1.45. The van der Waals surface area contributed by atoms with Gasteiger partial charge in [0, 0.05) is 70.0 Å². The maximum absolute atomic E-state index is 13.8. The molecule has 0 bridgehead atoms. The van der Waals surface area contributed by atoms with Gasteiger partial charge in [-0.05, 0) is 49.1 Å². The molecule has 3 aromatic rings. The number of amides is 1. The molecule has 0 unspecified atom stereocenters. The lowest BCUT2D eigenvalue weighted by Gasteiger charge is -2.32. The van der Waals surface area contributed by atoms with Crippen LogP contribution in [0.25, 0.3) is 10.2 Å². The van der Waals surface area contributed by atoms with Crippen LogP contribution in [0.4, 0.5) is 0 Å². The number of fused-ring (bicyclic) bond motifs is 1. The fourth-order valence-corrected chi connectivity index (χ4v) is 6.71. The number of carbonyl (C=O) groups excluding carboxylic acids is 3. The number of nitrogens with one attached hydrogen (secondary N) is 1. The first-order chi connectivity index (χ1) is 21.1. The second-order valence-corrected chi connectivity index (χ2v) is 13.6. The number of nitrogens with zero attached hydrogens (tertiary/aromatic N) is 3. The monoisotopic (exact) mass is 616 g/mol. The van der Waals surface area contributed by atoms with Crippen molar-refractivity contribution in [3.05, 3.63) is 76.8 Å². The Morgan fingerprint density at radius 3 is 2.43 bits per heavy atom. The summed E-state index contributed by atoms with van der Waals surface area (Å²) in [7, 11) is 2.11. The van der Waals surface area contributed by atoms with Crippen LogP contribution < -0.4 is 5.32 Å². The molecule has 4 rings (SSSR count). The number of likely N-dealkylation sites (N-methyl/N-ethyl adjacent to an activating group) is 1. The van der Waals surface area contributed by atoms with Crippen molar-refractivity contribution >= 4 is 39.0 Å². The lowest BCUT2D eigenvalue weighted by atomic mass is 9.94. The Morgan fingerprint density at radius 2 is 1.75 bits per heavy atom. The number of thiazole rings is 1. The minimum atomic E-state index is -0.520. The molecule has 1 N–H and O–H groups in total. The summed E-state index contributed by atoms with van der Waals surface area (Å²) in [5.74, 6) is -0.150. The van der Waals surface area contributed by atoms with Crippen molar-refractivity contribution in [1.82, 2.24) is 20.1 Å². The fourth-order valence-electron chi connectivity index (χ4n) is 5.61. The predicted molar refractivity (Wildman–Crippen MR) is 180 cm³/mol. The number of carbonyl (C=O) groups is 3. The number of hydrogen-bond donors (Lipinski definition) is 1.